The molecule has 4 rings (SSSR count). The van der Waals surface area contributed by atoms with Gasteiger partial charge in [0, 0.05) is 35.2 Å². The Morgan fingerprint density at radius 3 is 2.45 bits per heavy atom. The van der Waals surface area contributed by atoms with E-state index in [1.807, 2.05) is 30.3 Å². The predicted octanol–water partition coefficient (Wildman–Crippen LogP) is 6.24. The summed E-state index contributed by atoms with van der Waals surface area (Å²) in [6.07, 6.45) is 1.93. The zero-order valence-electron chi connectivity index (χ0n) is 18.0. The van der Waals surface area contributed by atoms with Crippen molar-refractivity contribution in [2.45, 2.75) is 18.8 Å². The fourth-order valence-corrected chi connectivity index (χ4v) is 4.02. The van der Waals surface area contributed by atoms with Crippen LogP contribution in [0.1, 0.15) is 40.2 Å². The van der Waals surface area contributed by atoms with Crippen molar-refractivity contribution in [3.8, 4) is 5.75 Å². The highest BCUT2D eigenvalue weighted by atomic mass is 35.5. The van der Waals surface area contributed by atoms with E-state index in [2.05, 4.69) is 4.99 Å². The number of methoxy groups -OCH3 is 1. The van der Waals surface area contributed by atoms with E-state index < -0.39 is 0 Å². The molecule has 0 aliphatic heterocycles. The van der Waals surface area contributed by atoms with Crippen molar-refractivity contribution in [2.24, 2.45) is 4.99 Å². The molecule has 0 bridgehead atoms. The minimum Gasteiger partial charge on any atom is -0.511 e. The summed E-state index contributed by atoms with van der Waals surface area (Å²) in [5.74, 6) is 0.176. The summed E-state index contributed by atoms with van der Waals surface area (Å²) in [6.45, 7) is 0. The van der Waals surface area contributed by atoms with Crippen LogP contribution in [0, 0.1) is 0 Å². The Bertz CT molecular complexity index is 1250. The molecule has 1 atom stereocenters. The van der Waals surface area contributed by atoms with E-state index in [4.69, 9.17) is 16.3 Å². The molecule has 1 unspecified atom stereocenters. The Morgan fingerprint density at radius 1 is 1.06 bits per heavy atom. The summed E-state index contributed by atoms with van der Waals surface area (Å²) in [6, 6.07) is 21.1. The molecule has 3 aromatic rings. The van der Waals surface area contributed by atoms with Crippen molar-refractivity contribution in [3.63, 3.8) is 0 Å². The van der Waals surface area contributed by atoms with E-state index >= 15 is 0 Å². The number of Topliss-reactive ketones (excluding diaryl/α,β-unsaturated/α-hetero) is 1. The fraction of sp³-hybridized carbons (Fsp3) is 0.148. The molecule has 0 fully saturated rings. The summed E-state index contributed by atoms with van der Waals surface area (Å²) in [4.78, 5) is 30.2. The van der Waals surface area contributed by atoms with E-state index in [1.165, 1.54) is 6.21 Å². The molecular formula is C27H22ClNO4. The topological polar surface area (TPSA) is 76.0 Å². The first-order chi connectivity index (χ1) is 16.0. The minimum atomic E-state index is -0.224. The van der Waals surface area contributed by atoms with Crippen molar-refractivity contribution < 1.29 is 19.4 Å². The van der Waals surface area contributed by atoms with Crippen LogP contribution in [0.15, 0.2) is 89.1 Å². The Morgan fingerprint density at radius 2 is 1.79 bits per heavy atom. The molecule has 3 aromatic carbocycles. The van der Waals surface area contributed by atoms with E-state index in [0.29, 0.717) is 28.3 Å². The highest BCUT2D eigenvalue weighted by molar-refractivity contribution is 6.31. The van der Waals surface area contributed by atoms with Gasteiger partial charge in [0.2, 0.25) is 0 Å². The number of nitrogens with zero attached hydrogens (tertiary/aromatic N) is 1. The van der Waals surface area contributed by atoms with E-state index in [0.717, 1.165) is 11.3 Å². The van der Waals surface area contributed by atoms with E-state index in [9.17, 15) is 14.7 Å². The third kappa shape index (κ3) is 5.04. The van der Waals surface area contributed by atoms with Crippen LogP contribution < -0.4 is 4.74 Å². The summed E-state index contributed by atoms with van der Waals surface area (Å²) >= 11 is 6.12. The lowest BCUT2D eigenvalue weighted by Crippen LogP contribution is -2.19. The van der Waals surface area contributed by atoms with E-state index in [1.54, 1.807) is 49.6 Å². The van der Waals surface area contributed by atoms with Crippen molar-refractivity contribution in [1.82, 2.24) is 0 Å². The van der Waals surface area contributed by atoms with Crippen LogP contribution >= 0.6 is 11.6 Å². The summed E-state index contributed by atoms with van der Waals surface area (Å²) in [5, 5.41) is 11.0. The second-order valence-electron chi connectivity index (χ2n) is 7.78. The van der Waals surface area contributed by atoms with Gasteiger partial charge in [-0.15, -0.1) is 0 Å². The highest BCUT2D eigenvalue weighted by Crippen LogP contribution is 2.34. The third-order valence-electron chi connectivity index (χ3n) is 5.64. The van der Waals surface area contributed by atoms with Gasteiger partial charge in [-0.1, -0.05) is 54.1 Å². The summed E-state index contributed by atoms with van der Waals surface area (Å²) in [5.41, 5.74) is 2.32. The number of ketones is 2. The maximum Gasteiger partial charge on any atom is 0.195 e. The van der Waals surface area contributed by atoms with Gasteiger partial charge in [-0.3, -0.25) is 14.6 Å². The maximum atomic E-state index is 13.0. The number of carbonyl (C=O) groups excluding carboxylic acids is 2. The molecule has 6 heteroatoms. The smallest absolute Gasteiger partial charge is 0.195 e. The Balaban J connectivity index is 1.60. The molecule has 0 radical (unpaired) electrons. The zero-order valence-corrected chi connectivity index (χ0v) is 18.8. The standard InChI is InChI=1S/C27H22ClNO4/c1-33-21-10-7-17(8-11-21)19-13-25(30)23(26(31)14-19)16-29-24-12-9-20(28)15-22(24)27(32)18-5-3-2-4-6-18/h2-12,15-16,19,30H,13-14H2,1H3. The van der Waals surface area contributed by atoms with E-state index in [-0.39, 0.29) is 35.2 Å². The maximum absolute atomic E-state index is 13.0. The molecule has 0 saturated carbocycles. The lowest BCUT2D eigenvalue weighted by atomic mass is 9.83. The van der Waals surface area contributed by atoms with Crippen molar-refractivity contribution >= 4 is 35.1 Å². The lowest BCUT2D eigenvalue weighted by molar-refractivity contribution is -0.116. The lowest BCUT2D eigenvalue weighted by Gasteiger charge is -2.22. The summed E-state index contributed by atoms with van der Waals surface area (Å²) < 4.78 is 5.18. The highest BCUT2D eigenvalue weighted by Gasteiger charge is 2.28. The average Bonchev–Trinajstić information content (AvgIpc) is 2.84. The Kier molecular flexibility index (Phi) is 6.71. The summed E-state index contributed by atoms with van der Waals surface area (Å²) in [7, 11) is 1.60. The number of aliphatic hydroxyl groups is 1. The quantitative estimate of drug-likeness (QED) is 0.349. The molecule has 33 heavy (non-hydrogen) atoms. The molecule has 0 spiro atoms. The molecule has 1 aliphatic rings. The van der Waals surface area contributed by atoms with Crippen LogP contribution in [-0.2, 0) is 4.79 Å². The van der Waals surface area contributed by atoms with Gasteiger partial charge in [0.05, 0.1) is 18.4 Å². The minimum absolute atomic E-state index is 0.0132. The number of rotatable bonds is 6. The monoisotopic (exact) mass is 459 g/mol. The Hall–Kier alpha value is -3.70. The SMILES string of the molecule is COc1ccc(C2CC(=O)C(C=Nc3ccc(Cl)cc3C(=O)c3ccccc3)=C(O)C2)cc1. The van der Waals surface area contributed by atoms with Gasteiger partial charge in [0.15, 0.2) is 11.6 Å². The van der Waals surface area contributed by atoms with Crippen LogP contribution in [0.25, 0.3) is 0 Å². The number of carbonyl (C=O) groups is 2. The number of halogens is 1. The molecular weight excluding hydrogens is 438 g/mol. The van der Waals surface area contributed by atoms with Crippen LogP contribution in [0.4, 0.5) is 5.69 Å². The number of allylic oxidation sites excluding steroid dienone is 2. The van der Waals surface area contributed by atoms with Gasteiger partial charge in [0.1, 0.15) is 11.5 Å². The van der Waals surface area contributed by atoms with Crippen LogP contribution in [0.3, 0.4) is 0 Å². The van der Waals surface area contributed by atoms with Crippen LogP contribution in [0.2, 0.25) is 5.02 Å². The average molecular weight is 460 g/mol. The molecule has 5 nitrogen and oxygen atoms in total. The first-order valence-electron chi connectivity index (χ1n) is 10.5. The Labute approximate surface area is 197 Å². The van der Waals surface area contributed by atoms with Crippen LogP contribution in [-0.4, -0.2) is 30.0 Å². The molecule has 1 N–H and O–H groups in total. The molecule has 0 saturated heterocycles. The largest absolute Gasteiger partial charge is 0.511 e. The zero-order chi connectivity index (χ0) is 23.4. The number of benzene rings is 3. The molecule has 0 amide bonds. The van der Waals surface area contributed by atoms with Gasteiger partial charge in [0.25, 0.3) is 0 Å². The van der Waals surface area contributed by atoms with Crippen molar-refractivity contribution in [1.29, 1.82) is 0 Å². The van der Waals surface area contributed by atoms with Gasteiger partial charge >= 0.3 is 0 Å². The first kappa shape index (κ1) is 22.5. The fourth-order valence-electron chi connectivity index (χ4n) is 3.85. The third-order valence-corrected chi connectivity index (χ3v) is 5.88. The predicted molar refractivity (Wildman–Crippen MR) is 129 cm³/mol. The van der Waals surface area contributed by atoms with Gasteiger partial charge in [-0.2, -0.15) is 0 Å². The number of hydrogen-bond donors (Lipinski definition) is 1. The normalized spacial score (nSPS) is 16.3. The second-order valence-corrected chi connectivity index (χ2v) is 8.21. The van der Waals surface area contributed by atoms with Gasteiger partial charge in [-0.05, 0) is 41.8 Å². The number of aliphatic hydroxyl groups excluding tert-OH is 1. The van der Waals surface area contributed by atoms with Gasteiger partial charge in [-0.25, -0.2) is 0 Å². The number of aliphatic imine (C=N–C) groups is 1. The molecule has 166 valence electrons. The molecule has 0 aromatic heterocycles. The molecule has 1 aliphatic carbocycles. The van der Waals surface area contributed by atoms with Crippen LogP contribution in [0.5, 0.6) is 5.75 Å². The van der Waals surface area contributed by atoms with Gasteiger partial charge < -0.3 is 9.84 Å². The molecule has 0 heterocycles. The first-order valence-corrected chi connectivity index (χ1v) is 10.9. The van der Waals surface area contributed by atoms with Crippen molar-refractivity contribution in [2.75, 3.05) is 7.11 Å². The second kappa shape index (κ2) is 9.84. The number of ether oxygens (including phenoxy) is 1. The number of hydrogen-bond acceptors (Lipinski definition) is 5. The van der Waals surface area contributed by atoms with Crippen molar-refractivity contribution in [3.05, 3.63) is 106 Å².